The number of benzene rings is 1. The Hall–Kier alpha value is -2.54. The van der Waals surface area contributed by atoms with Gasteiger partial charge in [-0.2, -0.15) is 0 Å². The molecule has 0 unspecified atom stereocenters. The van der Waals surface area contributed by atoms with Crippen LogP contribution < -0.4 is 15.2 Å². The van der Waals surface area contributed by atoms with Crippen LogP contribution in [0.15, 0.2) is 60.9 Å². The largest absolute Gasteiger partial charge is 0.351 e. The summed E-state index contributed by atoms with van der Waals surface area (Å²) in [4.78, 5) is 25.3. The number of carbonyl (C=O) groups is 2. The third kappa shape index (κ3) is 7.02. The molecule has 0 radical (unpaired) electrons. The number of rotatable bonds is 3. The van der Waals surface area contributed by atoms with E-state index in [1.165, 1.54) is 0 Å². The summed E-state index contributed by atoms with van der Waals surface area (Å²) in [6.45, 7) is 0. The summed E-state index contributed by atoms with van der Waals surface area (Å²) in [6, 6.07) is 13.7. The zero-order valence-corrected chi connectivity index (χ0v) is 11.3. The number of pyridine rings is 1. The smallest absolute Gasteiger partial charge is 0.323 e. The number of hydrogen-bond acceptors (Lipinski definition) is 4. The van der Waals surface area contributed by atoms with Crippen LogP contribution in [0.3, 0.4) is 0 Å². The molecular weight excluding hydrogens is 276 g/mol. The molecule has 0 aliphatic rings. The molecule has 0 bridgehead atoms. The van der Waals surface area contributed by atoms with Crippen LogP contribution in [0.4, 0.5) is 4.79 Å². The third-order valence-electron chi connectivity index (χ3n) is 1.90. The number of aromatic nitrogens is 1. The molecular formula is C13H14N4O2S. The summed E-state index contributed by atoms with van der Waals surface area (Å²) in [7, 11) is 0. The maximum absolute atomic E-state index is 11.3. The average molecular weight is 290 g/mol. The van der Waals surface area contributed by atoms with Gasteiger partial charge in [0.05, 0.1) is 12.1 Å². The Kier molecular flexibility index (Phi) is 7.29. The molecule has 2 rings (SSSR count). The quantitative estimate of drug-likeness (QED) is 0.750. The third-order valence-corrected chi connectivity index (χ3v) is 2.49. The minimum absolute atomic E-state index is 0.288. The number of amides is 3. The van der Waals surface area contributed by atoms with Crippen molar-refractivity contribution in [3.05, 3.63) is 66.5 Å². The molecule has 104 valence electrons. The zero-order valence-electron chi connectivity index (χ0n) is 10.5. The molecule has 1 heterocycles. The topological polar surface area (TPSA) is 97.1 Å². The van der Waals surface area contributed by atoms with Gasteiger partial charge in [-0.1, -0.05) is 24.3 Å². The van der Waals surface area contributed by atoms with E-state index in [4.69, 9.17) is 5.73 Å². The lowest BCUT2D eigenvalue weighted by molar-refractivity contribution is 0.0984. The Morgan fingerprint density at radius 1 is 0.950 bits per heavy atom. The molecule has 0 aliphatic carbocycles. The van der Waals surface area contributed by atoms with Gasteiger partial charge in [0.1, 0.15) is 0 Å². The Morgan fingerprint density at radius 3 is 2.00 bits per heavy atom. The summed E-state index contributed by atoms with van der Waals surface area (Å²) in [5.74, 6) is -0.288. The van der Waals surface area contributed by atoms with Gasteiger partial charge in [0.25, 0.3) is 5.91 Å². The molecule has 7 heteroatoms. The molecule has 0 atom stereocenters. The SMILES string of the molecule is NC(=O)NSNC(=O)c1ccccc1.c1ccncc1. The zero-order chi connectivity index (χ0) is 14.6. The van der Waals surface area contributed by atoms with E-state index in [-0.39, 0.29) is 5.91 Å². The highest BCUT2D eigenvalue weighted by atomic mass is 32.2. The number of nitrogens with zero attached hydrogens (tertiary/aromatic N) is 1. The maximum atomic E-state index is 11.3. The monoisotopic (exact) mass is 290 g/mol. The Bertz CT molecular complexity index is 496. The fourth-order valence-electron chi connectivity index (χ4n) is 1.08. The van der Waals surface area contributed by atoms with Crippen LogP contribution in [0.5, 0.6) is 0 Å². The fourth-order valence-corrected chi connectivity index (χ4v) is 1.45. The second-order valence-electron chi connectivity index (χ2n) is 3.39. The first kappa shape index (κ1) is 15.5. The van der Waals surface area contributed by atoms with E-state index in [2.05, 4.69) is 14.4 Å². The number of primary amides is 1. The van der Waals surface area contributed by atoms with E-state index < -0.39 is 6.03 Å². The molecule has 2 aromatic rings. The number of urea groups is 1. The van der Waals surface area contributed by atoms with Crippen LogP contribution in [0.25, 0.3) is 0 Å². The Morgan fingerprint density at radius 2 is 1.55 bits per heavy atom. The van der Waals surface area contributed by atoms with Gasteiger partial charge in [-0.15, -0.1) is 0 Å². The van der Waals surface area contributed by atoms with E-state index in [1.807, 2.05) is 24.3 Å². The predicted octanol–water partition coefficient (Wildman–Crippen LogP) is 1.73. The van der Waals surface area contributed by atoms with E-state index in [9.17, 15) is 9.59 Å². The fraction of sp³-hybridized carbons (Fsp3) is 0. The first-order valence-electron chi connectivity index (χ1n) is 5.62. The molecule has 0 fully saturated rings. The molecule has 0 aliphatic heterocycles. The van der Waals surface area contributed by atoms with Crippen molar-refractivity contribution in [1.82, 2.24) is 14.4 Å². The van der Waals surface area contributed by atoms with Crippen molar-refractivity contribution < 1.29 is 9.59 Å². The molecule has 0 spiro atoms. The normalized spacial score (nSPS) is 8.80. The van der Waals surface area contributed by atoms with Gasteiger partial charge in [0.2, 0.25) is 0 Å². The summed E-state index contributed by atoms with van der Waals surface area (Å²) < 4.78 is 4.57. The van der Waals surface area contributed by atoms with Crippen molar-refractivity contribution >= 4 is 24.1 Å². The van der Waals surface area contributed by atoms with Gasteiger partial charge in [0, 0.05) is 18.0 Å². The Balaban J connectivity index is 0.000000276. The van der Waals surface area contributed by atoms with E-state index in [0.717, 1.165) is 12.1 Å². The average Bonchev–Trinajstić information content (AvgIpc) is 2.50. The molecule has 1 aromatic carbocycles. The van der Waals surface area contributed by atoms with Crippen LogP contribution in [0, 0.1) is 0 Å². The lowest BCUT2D eigenvalue weighted by Crippen LogP contribution is -2.28. The first-order chi connectivity index (χ1) is 9.70. The molecule has 4 N–H and O–H groups in total. The van der Waals surface area contributed by atoms with Crippen molar-refractivity contribution in [2.24, 2.45) is 5.73 Å². The standard InChI is InChI=1S/C8H9N3O2S.C5H5N/c9-8(13)11-14-10-7(12)6-4-2-1-3-5-6;1-2-4-6-5-3-1/h1-5H,(H,10,12)(H3,9,11,13);1-5H. The molecule has 0 saturated heterocycles. The van der Waals surface area contributed by atoms with Crippen molar-refractivity contribution in [3.8, 4) is 0 Å². The van der Waals surface area contributed by atoms with Gasteiger partial charge < -0.3 is 5.73 Å². The maximum Gasteiger partial charge on any atom is 0.323 e. The molecule has 3 amide bonds. The summed E-state index contributed by atoms with van der Waals surface area (Å²) in [5.41, 5.74) is 5.31. The van der Waals surface area contributed by atoms with Gasteiger partial charge in [-0.3, -0.25) is 19.2 Å². The summed E-state index contributed by atoms with van der Waals surface area (Å²) in [6.07, 6.45) is 3.50. The number of carbonyl (C=O) groups excluding carboxylic acids is 2. The van der Waals surface area contributed by atoms with Crippen molar-refractivity contribution in [1.29, 1.82) is 0 Å². The van der Waals surface area contributed by atoms with Gasteiger partial charge in [0.15, 0.2) is 0 Å². The molecule has 1 aromatic heterocycles. The minimum atomic E-state index is -0.705. The van der Waals surface area contributed by atoms with Gasteiger partial charge in [-0.05, 0) is 24.3 Å². The second kappa shape index (κ2) is 9.40. The molecule has 0 saturated carbocycles. The number of hydrogen-bond donors (Lipinski definition) is 3. The number of nitrogens with two attached hydrogens (primary N) is 1. The van der Waals surface area contributed by atoms with E-state index in [0.29, 0.717) is 5.56 Å². The Labute approximate surface area is 121 Å². The van der Waals surface area contributed by atoms with Crippen LogP contribution >= 0.6 is 12.1 Å². The van der Waals surface area contributed by atoms with Crippen LogP contribution in [0.2, 0.25) is 0 Å². The highest BCUT2D eigenvalue weighted by Crippen LogP contribution is 1.99. The lowest BCUT2D eigenvalue weighted by atomic mass is 10.2. The van der Waals surface area contributed by atoms with Crippen molar-refractivity contribution in [3.63, 3.8) is 0 Å². The molecule has 6 nitrogen and oxygen atoms in total. The highest BCUT2D eigenvalue weighted by Gasteiger charge is 2.03. The van der Waals surface area contributed by atoms with E-state index in [1.54, 1.807) is 36.7 Å². The summed E-state index contributed by atoms with van der Waals surface area (Å²) in [5, 5.41) is 0. The predicted molar refractivity (Wildman–Crippen MR) is 78.5 cm³/mol. The van der Waals surface area contributed by atoms with Gasteiger partial charge in [-0.25, -0.2) is 4.79 Å². The highest BCUT2D eigenvalue weighted by molar-refractivity contribution is 7.96. The molecule has 20 heavy (non-hydrogen) atoms. The first-order valence-corrected chi connectivity index (χ1v) is 6.43. The van der Waals surface area contributed by atoms with Crippen LogP contribution in [0.1, 0.15) is 10.4 Å². The lowest BCUT2D eigenvalue weighted by Gasteiger charge is -2.02. The second-order valence-corrected chi connectivity index (χ2v) is 4.00. The van der Waals surface area contributed by atoms with E-state index >= 15 is 0 Å². The van der Waals surface area contributed by atoms with Crippen LogP contribution in [-0.4, -0.2) is 16.9 Å². The summed E-state index contributed by atoms with van der Waals surface area (Å²) >= 11 is 0.740. The van der Waals surface area contributed by atoms with Gasteiger partial charge >= 0.3 is 6.03 Å². The van der Waals surface area contributed by atoms with Crippen molar-refractivity contribution in [2.45, 2.75) is 0 Å². The number of nitrogens with one attached hydrogen (secondary N) is 2. The van der Waals surface area contributed by atoms with Crippen LogP contribution in [-0.2, 0) is 0 Å². The minimum Gasteiger partial charge on any atom is -0.351 e. The van der Waals surface area contributed by atoms with Crippen molar-refractivity contribution in [2.75, 3.05) is 0 Å².